The van der Waals surface area contributed by atoms with Gasteiger partial charge in [0.25, 0.3) is 0 Å². The van der Waals surface area contributed by atoms with Crippen molar-refractivity contribution < 1.29 is 115 Å². The second-order valence-corrected chi connectivity index (χ2v) is 14.7. The Kier molecular flexibility index (Phi) is 12.4. The van der Waals surface area contributed by atoms with Crippen LogP contribution in [0.2, 0.25) is 0 Å². The van der Waals surface area contributed by atoms with Crippen LogP contribution in [0.5, 0.6) is 0 Å². The predicted octanol–water partition coefficient (Wildman–Crippen LogP) is 12.0. The fourth-order valence-corrected chi connectivity index (χ4v) is 7.74. The first-order valence-corrected chi connectivity index (χ1v) is 18.7. The van der Waals surface area contributed by atoms with Gasteiger partial charge in [-0.15, -0.1) is 22.1 Å². The van der Waals surface area contributed by atoms with Crippen molar-refractivity contribution in [1.29, 1.82) is 0 Å². The fourth-order valence-electron chi connectivity index (χ4n) is 7.74. The van der Waals surface area contributed by atoms with Gasteiger partial charge in [-0.05, 0) is 34.4 Å². The number of fused-ring (bicyclic) bond motifs is 8. The molecule has 3 aromatic heterocycles. The SMILES string of the molecule is O[C@@H]1c2nc(c(-c3c(F)c(F)c(F)c(F)c3F)c3ccc([n-]3)c(-c3c(F)c(F)c(F)c(F)c3F)c3nc(c(-c4c(F)c(F)c(F)c(F)c4F)c4ccc([n-]4)c2-c2c(F)c(F)c(F)c(F)c2F)C=C3)[C@@H]1O.[Ni+2]. The Labute approximate surface area is 388 Å². The van der Waals surface area contributed by atoms with Crippen LogP contribution in [0.15, 0.2) is 24.3 Å². The van der Waals surface area contributed by atoms with Crippen molar-refractivity contribution in [1.82, 2.24) is 19.9 Å². The van der Waals surface area contributed by atoms with E-state index in [0.717, 1.165) is 0 Å². The van der Waals surface area contributed by atoms with Crippen LogP contribution in [0.3, 0.4) is 0 Å². The van der Waals surface area contributed by atoms with Gasteiger partial charge in [-0.1, -0.05) is 24.3 Å². The molecule has 0 saturated carbocycles. The van der Waals surface area contributed by atoms with Gasteiger partial charge in [0.2, 0.25) is 23.3 Å². The molecular formula is C44H10F20N4NiO2. The third kappa shape index (κ3) is 7.17. The standard InChI is InChI=1S/C44H10F20N4O2.Ni/c45-21-17(22(46)30(54)37(61)29(21)53)13-7-1-2-8(65-7)14(18-23(47)31(55)38(62)32(56)24(18)48)10-4-6-12(67-10)16(20-27(51)35(59)40(64)36(60)28(20)52)42-44(70)43(69)41(68-42)15(11-5-3-9(13)66-11)19-25(49)33(57)39(63)34(58)26(19)50;/h1-6,43-44,69-70H;/q-2;+2/t43-,44+;. The predicted molar refractivity (Wildman–Crippen MR) is 199 cm³/mol. The Morgan fingerprint density at radius 1 is 0.282 bits per heavy atom. The summed E-state index contributed by atoms with van der Waals surface area (Å²) in [4.78, 5) is 15.1. The van der Waals surface area contributed by atoms with Gasteiger partial charge in [0.1, 0.15) is 12.2 Å². The molecule has 4 aromatic carbocycles. The number of aliphatic hydroxyl groups is 2. The summed E-state index contributed by atoms with van der Waals surface area (Å²) in [6.45, 7) is 0. The number of aromatic nitrogens is 4. The second-order valence-electron chi connectivity index (χ2n) is 14.7. The maximum Gasteiger partial charge on any atom is 2.00 e. The molecule has 5 heterocycles. The first-order chi connectivity index (χ1) is 32.9. The number of rotatable bonds is 4. The molecule has 2 aliphatic heterocycles. The van der Waals surface area contributed by atoms with Gasteiger partial charge in [0, 0.05) is 0 Å². The second kappa shape index (κ2) is 17.6. The molecule has 0 unspecified atom stereocenters. The van der Waals surface area contributed by atoms with E-state index in [4.69, 9.17) is 0 Å². The van der Waals surface area contributed by atoms with E-state index in [1.54, 1.807) is 0 Å². The smallest absolute Gasteiger partial charge is 0.657 e. The monoisotopic (exact) mass is 1060 g/mol. The Balaban J connectivity index is 0.00000676. The summed E-state index contributed by atoms with van der Waals surface area (Å²) in [6, 6.07) is 1.75. The molecule has 2 aliphatic rings. The van der Waals surface area contributed by atoms with E-state index in [-0.39, 0.29) is 16.5 Å². The Morgan fingerprint density at radius 2 is 0.479 bits per heavy atom. The molecule has 2 atom stereocenters. The molecule has 6 nitrogen and oxygen atoms in total. The van der Waals surface area contributed by atoms with Crippen LogP contribution in [0.25, 0.3) is 78.7 Å². The van der Waals surface area contributed by atoms with Gasteiger partial charge < -0.3 is 20.2 Å². The summed E-state index contributed by atoms with van der Waals surface area (Å²) in [6.07, 6.45) is -5.02. The van der Waals surface area contributed by atoms with Crippen LogP contribution >= 0.6 is 0 Å². The molecule has 0 radical (unpaired) electrons. The van der Waals surface area contributed by atoms with Crippen molar-refractivity contribution in [2.45, 2.75) is 12.2 Å². The van der Waals surface area contributed by atoms with Crippen LogP contribution in [0.1, 0.15) is 35.0 Å². The topological polar surface area (TPSA) is 94.4 Å². The quantitative estimate of drug-likeness (QED) is 0.0789. The Hall–Kier alpha value is -7.25. The van der Waals surface area contributed by atoms with E-state index in [1.807, 2.05) is 0 Å². The van der Waals surface area contributed by atoms with Crippen molar-refractivity contribution in [3.8, 4) is 44.5 Å². The van der Waals surface area contributed by atoms with Crippen molar-refractivity contribution in [2.75, 3.05) is 0 Å². The molecule has 71 heavy (non-hydrogen) atoms. The molecule has 8 bridgehead atoms. The van der Waals surface area contributed by atoms with Gasteiger partial charge >= 0.3 is 16.5 Å². The third-order valence-electron chi connectivity index (χ3n) is 10.9. The van der Waals surface area contributed by atoms with E-state index < -0.39 is 218 Å². The van der Waals surface area contributed by atoms with E-state index in [2.05, 4.69) is 19.9 Å². The molecule has 368 valence electrons. The van der Waals surface area contributed by atoms with Crippen LogP contribution in [-0.2, 0) is 16.5 Å². The van der Waals surface area contributed by atoms with Crippen LogP contribution < -0.4 is 9.97 Å². The maximum atomic E-state index is 15.9. The number of hydrogen-bond donors (Lipinski definition) is 2. The Bertz CT molecular complexity index is 3390. The van der Waals surface area contributed by atoms with Gasteiger partial charge in [0.05, 0.1) is 45.0 Å². The van der Waals surface area contributed by atoms with Crippen molar-refractivity contribution in [3.05, 3.63) is 163 Å². The molecule has 2 N–H and O–H groups in total. The summed E-state index contributed by atoms with van der Waals surface area (Å²) < 4.78 is 304. The number of hydrogen-bond acceptors (Lipinski definition) is 4. The largest absolute Gasteiger partial charge is 2.00 e. The molecule has 27 heteroatoms. The minimum absolute atomic E-state index is 0. The number of halogens is 20. The zero-order chi connectivity index (χ0) is 51.0. The number of nitrogens with zero attached hydrogens (tertiary/aromatic N) is 4. The van der Waals surface area contributed by atoms with E-state index in [9.17, 15) is 62.9 Å². The summed E-state index contributed by atoms with van der Waals surface area (Å²) in [5.41, 5.74) is -24.9. The van der Waals surface area contributed by atoms with Gasteiger partial charge in [0.15, 0.2) is 93.1 Å². The van der Waals surface area contributed by atoms with Gasteiger partial charge in [-0.3, -0.25) is 4.98 Å². The average Bonchev–Trinajstić information content (AvgIpc) is 4.18. The molecule has 0 spiro atoms. The van der Waals surface area contributed by atoms with Crippen molar-refractivity contribution >= 4 is 34.2 Å². The van der Waals surface area contributed by atoms with Crippen LogP contribution in [0, 0.1) is 116 Å². The summed E-state index contributed by atoms with van der Waals surface area (Å²) in [7, 11) is 0. The normalized spacial score (nSPS) is 14.5. The number of aliphatic hydroxyl groups excluding tert-OH is 2. The molecule has 0 saturated heterocycles. The average molecular weight is 1070 g/mol. The van der Waals surface area contributed by atoms with Crippen LogP contribution in [-0.4, -0.2) is 20.2 Å². The maximum absolute atomic E-state index is 15.9. The van der Waals surface area contributed by atoms with E-state index >= 15 is 35.1 Å². The zero-order valence-corrected chi connectivity index (χ0v) is 34.2. The zero-order valence-electron chi connectivity index (χ0n) is 33.2. The van der Waals surface area contributed by atoms with Crippen molar-refractivity contribution in [3.63, 3.8) is 0 Å². The summed E-state index contributed by atoms with van der Waals surface area (Å²) in [5.74, 6) is -55.0. The fraction of sp³-hybridized carbons (Fsp3) is 0.0455. The molecule has 0 amide bonds. The minimum Gasteiger partial charge on any atom is -0.657 e. The van der Waals surface area contributed by atoms with E-state index in [1.165, 1.54) is 0 Å². The van der Waals surface area contributed by atoms with Crippen LogP contribution in [0.4, 0.5) is 87.8 Å². The first-order valence-electron chi connectivity index (χ1n) is 18.7. The van der Waals surface area contributed by atoms with Gasteiger partial charge in [-0.2, -0.15) is 0 Å². The van der Waals surface area contributed by atoms with Crippen molar-refractivity contribution in [2.24, 2.45) is 0 Å². The summed E-state index contributed by atoms with van der Waals surface area (Å²) >= 11 is 0. The molecule has 9 rings (SSSR count). The molecule has 0 aliphatic carbocycles. The third-order valence-corrected chi connectivity index (χ3v) is 10.9. The number of benzene rings is 4. The van der Waals surface area contributed by atoms with E-state index in [0.29, 0.717) is 36.4 Å². The first kappa shape index (κ1) is 50.2. The molecular weight excluding hydrogens is 1060 g/mol. The Morgan fingerprint density at radius 3 is 0.718 bits per heavy atom. The molecule has 0 fully saturated rings. The molecule has 7 aromatic rings. The van der Waals surface area contributed by atoms with Gasteiger partial charge in [-0.25, -0.2) is 92.8 Å². The minimum atomic E-state index is -3.02. The summed E-state index contributed by atoms with van der Waals surface area (Å²) in [5, 5.41) is 22.9.